The fraction of sp³-hybridized carbons (Fsp3) is 0. The highest BCUT2D eigenvalue weighted by molar-refractivity contribution is 7.16. The van der Waals surface area contributed by atoms with E-state index in [1.54, 1.807) is 17.4 Å². The molecule has 4 rings (SSSR count). The lowest BCUT2D eigenvalue weighted by molar-refractivity contribution is 0.102. The highest BCUT2D eigenvalue weighted by Crippen LogP contribution is 2.28. The number of anilines is 1. The summed E-state index contributed by atoms with van der Waals surface area (Å²) in [6.45, 7) is 0. The van der Waals surface area contributed by atoms with Gasteiger partial charge in [0.25, 0.3) is 5.91 Å². The Bertz CT molecular complexity index is 976. The van der Waals surface area contributed by atoms with Crippen molar-refractivity contribution < 1.29 is 4.79 Å². The smallest absolute Gasteiger partial charge is 0.276 e. The van der Waals surface area contributed by atoms with Crippen LogP contribution in [0.4, 0.5) is 5.13 Å². The maximum Gasteiger partial charge on any atom is 0.276 e. The van der Waals surface area contributed by atoms with E-state index < -0.39 is 0 Å². The fourth-order valence-electron chi connectivity index (χ4n) is 2.22. The summed E-state index contributed by atoms with van der Waals surface area (Å²) in [5, 5.41) is 8.35. The summed E-state index contributed by atoms with van der Waals surface area (Å²) in [7, 11) is 0. The molecule has 0 unspecified atom stereocenters. The molecule has 112 valence electrons. The Morgan fingerprint density at radius 3 is 2.74 bits per heavy atom. The number of para-hydroxylation sites is 1. The highest BCUT2D eigenvalue weighted by atomic mass is 32.1. The molecule has 0 aliphatic carbocycles. The average molecular weight is 337 g/mol. The lowest BCUT2D eigenvalue weighted by atomic mass is 10.2. The number of hydrogen-bond acceptors (Lipinski definition) is 5. The van der Waals surface area contributed by atoms with Gasteiger partial charge in [-0.05, 0) is 23.6 Å². The molecule has 0 aliphatic rings. The third kappa shape index (κ3) is 2.86. The Morgan fingerprint density at radius 2 is 1.87 bits per heavy atom. The minimum Gasteiger partial charge on any atom is -0.296 e. The molecule has 4 nitrogen and oxygen atoms in total. The molecule has 6 heteroatoms. The number of fused-ring (bicyclic) bond motifs is 1. The maximum atomic E-state index is 12.3. The van der Waals surface area contributed by atoms with E-state index in [2.05, 4.69) is 15.3 Å². The summed E-state index contributed by atoms with van der Waals surface area (Å²) in [4.78, 5) is 22.3. The number of carbonyl (C=O) groups excluding carboxylic acids is 1. The molecule has 1 amide bonds. The first kappa shape index (κ1) is 14.0. The minimum atomic E-state index is -0.247. The predicted octanol–water partition coefficient (Wildman–Crippen LogP) is 4.67. The second kappa shape index (κ2) is 5.91. The van der Waals surface area contributed by atoms with Crippen LogP contribution in [0.25, 0.3) is 21.5 Å². The molecule has 0 saturated heterocycles. The Balaban J connectivity index is 1.57. The van der Waals surface area contributed by atoms with E-state index in [9.17, 15) is 4.79 Å². The number of nitrogens with zero attached hydrogens (tertiary/aromatic N) is 2. The molecule has 0 fully saturated rings. The third-order valence-corrected chi connectivity index (χ3v) is 4.98. The van der Waals surface area contributed by atoms with Gasteiger partial charge in [-0.2, -0.15) is 0 Å². The zero-order valence-electron chi connectivity index (χ0n) is 11.9. The van der Waals surface area contributed by atoms with Crippen LogP contribution in [0, 0.1) is 0 Å². The maximum absolute atomic E-state index is 12.3. The zero-order valence-corrected chi connectivity index (χ0v) is 13.5. The summed E-state index contributed by atoms with van der Waals surface area (Å²) in [6, 6.07) is 15.3. The van der Waals surface area contributed by atoms with Gasteiger partial charge in [-0.25, -0.2) is 9.97 Å². The topological polar surface area (TPSA) is 54.9 Å². The van der Waals surface area contributed by atoms with Crippen molar-refractivity contribution in [2.45, 2.75) is 0 Å². The molecule has 0 spiro atoms. The third-order valence-electron chi connectivity index (χ3n) is 3.33. The largest absolute Gasteiger partial charge is 0.296 e. The van der Waals surface area contributed by atoms with Gasteiger partial charge in [0, 0.05) is 10.8 Å². The van der Waals surface area contributed by atoms with Gasteiger partial charge < -0.3 is 0 Å². The van der Waals surface area contributed by atoms with E-state index in [4.69, 9.17) is 0 Å². The lowest BCUT2D eigenvalue weighted by Crippen LogP contribution is -2.13. The second-order valence-electron chi connectivity index (χ2n) is 4.86. The van der Waals surface area contributed by atoms with Crippen LogP contribution >= 0.6 is 22.7 Å². The summed E-state index contributed by atoms with van der Waals surface area (Å²) in [5.41, 5.74) is 2.07. The van der Waals surface area contributed by atoms with Crippen LogP contribution in [0.3, 0.4) is 0 Å². The standard InChI is InChI=1S/C17H11N3OS2/c21-16(13-8-7-11-4-1-2-5-12(11)18-13)20-17-19-14(10-23-17)15-6-3-9-22-15/h1-10H,(H,19,20,21). The average Bonchev–Trinajstić information content (AvgIpc) is 3.25. The number of rotatable bonds is 3. The number of hydrogen-bond donors (Lipinski definition) is 1. The van der Waals surface area contributed by atoms with Crippen molar-refractivity contribution in [3.63, 3.8) is 0 Å². The Morgan fingerprint density at radius 1 is 0.957 bits per heavy atom. The number of thiazole rings is 1. The molecule has 23 heavy (non-hydrogen) atoms. The van der Waals surface area contributed by atoms with E-state index in [1.807, 2.05) is 53.2 Å². The number of carbonyl (C=O) groups is 1. The Hall–Kier alpha value is -2.57. The molecule has 3 aromatic heterocycles. The van der Waals surface area contributed by atoms with Crippen molar-refractivity contribution in [3.8, 4) is 10.6 Å². The van der Waals surface area contributed by atoms with Crippen LogP contribution < -0.4 is 5.32 Å². The number of thiophene rings is 1. The van der Waals surface area contributed by atoms with Crippen LogP contribution in [-0.4, -0.2) is 15.9 Å². The van der Waals surface area contributed by atoms with Gasteiger partial charge in [-0.1, -0.05) is 30.3 Å². The summed E-state index contributed by atoms with van der Waals surface area (Å²) in [6.07, 6.45) is 0. The molecule has 4 aromatic rings. The van der Waals surface area contributed by atoms with Gasteiger partial charge >= 0.3 is 0 Å². The van der Waals surface area contributed by atoms with Crippen molar-refractivity contribution in [3.05, 3.63) is 65.0 Å². The van der Waals surface area contributed by atoms with Gasteiger partial charge in [-0.3, -0.25) is 10.1 Å². The molecule has 3 heterocycles. The van der Waals surface area contributed by atoms with Gasteiger partial charge in [0.15, 0.2) is 5.13 Å². The molecule has 0 saturated carbocycles. The minimum absolute atomic E-state index is 0.247. The number of amides is 1. The summed E-state index contributed by atoms with van der Waals surface area (Å²) in [5.74, 6) is -0.247. The Labute approximate surface area is 140 Å². The van der Waals surface area contributed by atoms with E-state index in [0.717, 1.165) is 21.5 Å². The van der Waals surface area contributed by atoms with Crippen molar-refractivity contribution in [2.24, 2.45) is 0 Å². The molecule has 1 N–H and O–H groups in total. The van der Waals surface area contributed by atoms with Crippen LogP contribution in [0.2, 0.25) is 0 Å². The fourth-order valence-corrected chi connectivity index (χ4v) is 3.69. The van der Waals surface area contributed by atoms with Crippen molar-refractivity contribution in [1.29, 1.82) is 0 Å². The normalized spacial score (nSPS) is 10.8. The first-order chi connectivity index (χ1) is 11.3. The van der Waals surface area contributed by atoms with Crippen molar-refractivity contribution in [2.75, 3.05) is 5.32 Å². The summed E-state index contributed by atoms with van der Waals surface area (Å²) < 4.78 is 0. The zero-order chi connectivity index (χ0) is 15.6. The van der Waals surface area contributed by atoms with Crippen molar-refractivity contribution in [1.82, 2.24) is 9.97 Å². The van der Waals surface area contributed by atoms with Crippen LogP contribution in [0.5, 0.6) is 0 Å². The number of nitrogens with one attached hydrogen (secondary N) is 1. The predicted molar refractivity (Wildman–Crippen MR) is 95.1 cm³/mol. The van der Waals surface area contributed by atoms with Gasteiger partial charge in [0.05, 0.1) is 16.1 Å². The molecular formula is C17H11N3OS2. The van der Waals surface area contributed by atoms with E-state index in [-0.39, 0.29) is 5.91 Å². The van der Waals surface area contributed by atoms with Gasteiger partial charge in [-0.15, -0.1) is 22.7 Å². The van der Waals surface area contributed by atoms with E-state index in [1.165, 1.54) is 11.3 Å². The quantitative estimate of drug-likeness (QED) is 0.591. The first-order valence-corrected chi connectivity index (χ1v) is 8.72. The second-order valence-corrected chi connectivity index (χ2v) is 6.66. The number of benzene rings is 1. The van der Waals surface area contributed by atoms with Gasteiger partial charge in [0.1, 0.15) is 5.69 Å². The molecule has 1 aromatic carbocycles. The van der Waals surface area contributed by atoms with Crippen LogP contribution in [0.1, 0.15) is 10.5 Å². The number of aromatic nitrogens is 2. The molecule has 0 bridgehead atoms. The van der Waals surface area contributed by atoms with Crippen LogP contribution in [-0.2, 0) is 0 Å². The Kier molecular flexibility index (Phi) is 3.61. The molecule has 0 radical (unpaired) electrons. The molecular weight excluding hydrogens is 326 g/mol. The first-order valence-electron chi connectivity index (χ1n) is 6.96. The van der Waals surface area contributed by atoms with Crippen molar-refractivity contribution >= 4 is 44.6 Å². The SMILES string of the molecule is O=C(Nc1nc(-c2cccs2)cs1)c1ccc2ccccc2n1. The molecule has 0 atom stereocenters. The monoisotopic (exact) mass is 337 g/mol. The highest BCUT2D eigenvalue weighted by Gasteiger charge is 2.12. The van der Waals surface area contributed by atoms with Gasteiger partial charge in [0.2, 0.25) is 0 Å². The molecule has 0 aliphatic heterocycles. The van der Waals surface area contributed by atoms with Crippen LogP contribution in [0.15, 0.2) is 59.3 Å². The number of pyridine rings is 1. The van der Waals surface area contributed by atoms with E-state index in [0.29, 0.717) is 10.8 Å². The summed E-state index contributed by atoms with van der Waals surface area (Å²) >= 11 is 3.04. The lowest BCUT2D eigenvalue weighted by Gasteiger charge is -2.02. The van der Waals surface area contributed by atoms with E-state index >= 15 is 0 Å².